The average molecular weight is 305 g/mol. The quantitative estimate of drug-likeness (QED) is 0.306. The van der Waals surface area contributed by atoms with Crippen LogP contribution in [0.1, 0.15) is 46.0 Å². The molecule has 0 heterocycles. The largest absolute Gasteiger partial charge is 0.415 e. The Labute approximate surface area is 127 Å². The van der Waals surface area contributed by atoms with Crippen molar-refractivity contribution >= 4 is 9.76 Å². The van der Waals surface area contributed by atoms with Crippen molar-refractivity contribution in [1.29, 1.82) is 0 Å². The fourth-order valence-electron chi connectivity index (χ4n) is 1.62. The molecule has 0 saturated carbocycles. The van der Waals surface area contributed by atoms with Crippen LogP contribution in [0, 0.1) is 0 Å². The summed E-state index contributed by atoms with van der Waals surface area (Å²) >= 11 is 0. The molecule has 0 bridgehead atoms. The molecular weight excluding hydrogens is 272 g/mol. The van der Waals surface area contributed by atoms with E-state index in [0.717, 1.165) is 12.7 Å². The van der Waals surface area contributed by atoms with E-state index in [0.29, 0.717) is 49.4 Å². The van der Waals surface area contributed by atoms with Gasteiger partial charge in [0.1, 0.15) is 0 Å². The standard InChI is InChI=1S/C15H32O4Si/c1-3-5-6-7-8-9-16-10-11-17-12-13-18-14-15-19-20-4-2/h3-15H2,1-2H3. The minimum atomic E-state index is 0.598. The minimum absolute atomic E-state index is 0.598. The van der Waals surface area contributed by atoms with Crippen LogP contribution in [-0.2, 0) is 18.6 Å². The van der Waals surface area contributed by atoms with Crippen molar-refractivity contribution in [1.82, 2.24) is 0 Å². The summed E-state index contributed by atoms with van der Waals surface area (Å²) in [7, 11) is 0.598. The molecule has 0 aliphatic carbocycles. The van der Waals surface area contributed by atoms with Crippen LogP contribution in [0.5, 0.6) is 0 Å². The molecule has 2 radical (unpaired) electrons. The zero-order valence-corrected chi connectivity index (χ0v) is 14.3. The molecule has 0 aromatic carbocycles. The van der Waals surface area contributed by atoms with Gasteiger partial charge < -0.3 is 18.6 Å². The SMILES string of the molecule is CCCCCCCOCCOCCOCCO[Si]CC. The zero-order valence-electron chi connectivity index (χ0n) is 13.3. The van der Waals surface area contributed by atoms with Gasteiger partial charge in [-0.25, -0.2) is 0 Å². The summed E-state index contributed by atoms with van der Waals surface area (Å²) in [6.45, 7) is 9.17. The van der Waals surface area contributed by atoms with Crippen LogP contribution in [0.2, 0.25) is 6.04 Å². The molecule has 0 rings (SSSR count). The summed E-state index contributed by atoms with van der Waals surface area (Å²) in [5.41, 5.74) is 0. The number of unbranched alkanes of at least 4 members (excludes halogenated alkanes) is 4. The van der Waals surface area contributed by atoms with Gasteiger partial charge in [0.2, 0.25) is 9.76 Å². The first-order chi connectivity index (χ1) is 9.91. The Kier molecular flexibility index (Phi) is 19.1. The molecule has 4 nitrogen and oxygen atoms in total. The van der Waals surface area contributed by atoms with Crippen molar-refractivity contribution in [2.45, 2.75) is 52.0 Å². The number of hydrogen-bond donors (Lipinski definition) is 0. The second kappa shape index (κ2) is 19.1. The van der Waals surface area contributed by atoms with Crippen LogP contribution in [0.4, 0.5) is 0 Å². The molecule has 0 aliphatic rings. The third-order valence-electron chi connectivity index (χ3n) is 2.71. The fourth-order valence-corrected chi connectivity index (χ4v) is 2.06. The van der Waals surface area contributed by atoms with E-state index >= 15 is 0 Å². The van der Waals surface area contributed by atoms with Crippen LogP contribution in [0.15, 0.2) is 0 Å². The van der Waals surface area contributed by atoms with Gasteiger partial charge in [0, 0.05) is 6.61 Å². The highest BCUT2D eigenvalue weighted by atomic mass is 28.2. The molecule has 0 atom stereocenters. The maximum Gasteiger partial charge on any atom is 0.229 e. The van der Waals surface area contributed by atoms with Gasteiger partial charge in [0.15, 0.2) is 0 Å². The molecule has 0 unspecified atom stereocenters. The molecule has 20 heavy (non-hydrogen) atoms. The first-order valence-electron chi connectivity index (χ1n) is 7.99. The van der Waals surface area contributed by atoms with Crippen LogP contribution in [0.25, 0.3) is 0 Å². The van der Waals surface area contributed by atoms with E-state index in [4.69, 9.17) is 18.6 Å². The third-order valence-corrected chi connectivity index (χ3v) is 3.41. The molecule has 0 amide bonds. The molecule has 5 heteroatoms. The van der Waals surface area contributed by atoms with Crippen molar-refractivity contribution in [3.8, 4) is 0 Å². The van der Waals surface area contributed by atoms with Crippen LogP contribution >= 0.6 is 0 Å². The molecule has 0 saturated heterocycles. The lowest BCUT2D eigenvalue weighted by Gasteiger charge is -2.07. The monoisotopic (exact) mass is 304 g/mol. The number of hydrogen-bond acceptors (Lipinski definition) is 4. The Morgan fingerprint density at radius 2 is 1.15 bits per heavy atom. The lowest BCUT2D eigenvalue weighted by Crippen LogP contribution is -2.12. The van der Waals surface area contributed by atoms with E-state index in [1.54, 1.807) is 0 Å². The lowest BCUT2D eigenvalue weighted by atomic mass is 10.2. The van der Waals surface area contributed by atoms with Crippen molar-refractivity contribution in [3.05, 3.63) is 0 Å². The normalized spacial score (nSPS) is 11.1. The van der Waals surface area contributed by atoms with Gasteiger partial charge in [-0.2, -0.15) is 0 Å². The molecule has 120 valence electrons. The molecule has 0 aromatic heterocycles. The van der Waals surface area contributed by atoms with Crippen molar-refractivity contribution in [2.75, 3.05) is 46.2 Å². The predicted octanol–water partition coefficient (Wildman–Crippen LogP) is 3.08. The highest BCUT2D eigenvalue weighted by molar-refractivity contribution is 6.26. The fraction of sp³-hybridized carbons (Fsp3) is 1.00. The summed E-state index contributed by atoms with van der Waals surface area (Å²) in [5.74, 6) is 0. The molecule has 0 aliphatic heterocycles. The Hall–Kier alpha value is 0.0569. The van der Waals surface area contributed by atoms with Crippen LogP contribution < -0.4 is 0 Å². The van der Waals surface area contributed by atoms with Gasteiger partial charge in [0.05, 0.1) is 39.6 Å². The Morgan fingerprint density at radius 1 is 0.600 bits per heavy atom. The van der Waals surface area contributed by atoms with Crippen molar-refractivity contribution in [3.63, 3.8) is 0 Å². The number of ether oxygens (including phenoxy) is 3. The highest BCUT2D eigenvalue weighted by Crippen LogP contribution is 2.02. The van der Waals surface area contributed by atoms with Gasteiger partial charge in [-0.05, 0) is 12.5 Å². The molecule has 0 N–H and O–H groups in total. The van der Waals surface area contributed by atoms with Crippen LogP contribution in [-0.4, -0.2) is 56.0 Å². The third kappa shape index (κ3) is 18.1. The van der Waals surface area contributed by atoms with E-state index in [2.05, 4.69) is 13.8 Å². The average Bonchev–Trinajstić information content (AvgIpc) is 2.47. The smallest absolute Gasteiger partial charge is 0.229 e. The minimum Gasteiger partial charge on any atom is -0.415 e. The predicted molar refractivity (Wildman–Crippen MR) is 83.4 cm³/mol. The first kappa shape index (κ1) is 20.1. The van der Waals surface area contributed by atoms with Crippen molar-refractivity contribution < 1.29 is 18.6 Å². The van der Waals surface area contributed by atoms with E-state index in [-0.39, 0.29) is 0 Å². The maximum absolute atomic E-state index is 5.50. The summed E-state index contributed by atoms with van der Waals surface area (Å²) in [6, 6.07) is 1.09. The number of rotatable bonds is 17. The van der Waals surface area contributed by atoms with Gasteiger partial charge in [-0.1, -0.05) is 39.5 Å². The summed E-state index contributed by atoms with van der Waals surface area (Å²) in [4.78, 5) is 0. The second-order valence-electron chi connectivity index (χ2n) is 4.60. The Morgan fingerprint density at radius 3 is 1.75 bits per heavy atom. The Bertz CT molecular complexity index is 152. The summed E-state index contributed by atoms with van der Waals surface area (Å²) < 4.78 is 21.6. The van der Waals surface area contributed by atoms with E-state index in [1.165, 1.54) is 32.1 Å². The summed E-state index contributed by atoms with van der Waals surface area (Å²) in [6.07, 6.45) is 6.41. The molecule has 0 fully saturated rings. The first-order valence-corrected chi connectivity index (χ1v) is 9.11. The van der Waals surface area contributed by atoms with E-state index in [9.17, 15) is 0 Å². The summed E-state index contributed by atoms with van der Waals surface area (Å²) in [5, 5.41) is 0. The lowest BCUT2D eigenvalue weighted by molar-refractivity contribution is 0.00893. The topological polar surface area (TPSA) is 36.9 Å². The van der Waals surface area contributed by atoms with E-state index in [1.807, 2.05) is 0 Å². The van der Waals surface area contributed by atoms with Gasteiger partial charge in [0.25, 0.3) is 0 Å². The van der Waals surface area contributed by atoms with E-state index < -0.39 is 0 Å². The van der Waals surface area contributed by atoms with Gasteiger partial charge in [-0.3, -0.25) is 0 Å². The maximum atomic E-state index is 5.50. The molecular formula is C15H32O4Si. The zero-order chi connectivity index (χ0) is 14.7. The van der Waals surface area contributed by atoms with Crippen LogP contribution in [0.3, 0.4) is 0 Å². The van der Waals surface area contributed by atoms with Gasteiger partial charge in [-0.15, -0.1) is 0 Å². The van der Waals surface area contributed by atoms with Gasteiger partial charge >= 0.3 is 0 Å². The second-order valence-corrected chi connectivity index (χ2v) is 5.88. The molecule has 0 spiro atoms. The Balaban J connectivity index is 2.89. The molecule has 0 aromatic rings. The highest BCUT2D eigenvalue weighted by Gasteiger charge is 1.93. The van der Waals surface area contributed by atoms with Crippen molar-refractivity contribution in [2.24, 2.45) is 0 Å².